The Hall–Kier alpha value is -1.86. The molecule has 2 rings (SSSR count). The minimum atomic E-state index is -0.331. The maximum Gasteiger partial charge on any atom is 0.262 e. The van der Waals surface area contributed by atoms with Crippen LogP contribution in [0.25, 0.3) is 10.9 Å². The first-order valence-corrected chi connectivity index (χ1v) is 10.4. The van der Waals surface area contributed by atoms with Gasteiger partial charge < -0.3 is 10.1 Å². The first kappa shape index (κ1) is 21.4. The molecule has 6 nitrogen and oxygen atoms in total. The molecular formula is C20H29N3O3S. The van der Waals surface area contributed by atoms with Crippen molar-refractivity contribution in [1.29, 1.82) is 0 Å². The first-order valence-electron chi connectivity index (χ1n) is 9.49. The Morgan fingerprint density at radius 2 is 2.04 bits per heavy atom. The number of nitrogens with one attached hydrogen (secondary N) is 1. The lowest BCUT2D eigenvalue weighted by Crippen LogP contribution is -2.32. The van der Waals surface area contributed by atoms with Crippen molar-refractivity contribution < 1.29 is 9.53 Å². The van der Waals surface area contributed by atoms with Gasteiger partial charge >= 0.3 is 0 Å². The molecule has 7 heteroatoms. The van der Waals surface area contributed by atoms with Crippen molar-refractivity contribution in [3.63, 3.8) is 0 Å². The van der Waals surface area contributed by atoms with Crippen molar-refractivity contribution in [2.45, 2.75) is 63.6 Å². The summed E-state index contributed by atoms with van der Waals surface area (Å²) in [6.07, 6.45) is 1.76. The number of carbonyl (C=O) groups excluding carboxylic acids is 1. The van der Waals surface area contributed by atoms with Crippen LogP contribution < -0.4 is 10.9 Å². The normalized spacial score (nSPS) is 12.5. The van der Waals surface area contributed by atoms with Crippen molar-refractivity contribution >= 4 is 28.6 Å². The van der Waals surface area contributed by atoms with Gasteiger partial charge in [-0.1, -0.05) is 30.8 Å². The number of hydrogen-bond donors (Lipinski definition) is 1. The zero-order valence-corrected chi connectivity index (χ0v) is 17.3. The van der Waals surface area contributed by atoms with Crippen LogP contribution in [0.1, 0.15) is 40.5 Å². The maximum atomic E-state index is 13.0. The summed E-state index contributed by atoms with van der Waals surface area (Å²) in [5, 5.41) is 3.73. The Labute approximate surface area is 164 Å². The molecule has 1 N–H and O–H groups in total. The minimum Gasteiger partial charge on any atom is -0.379 e. The molecule has 0 bridgehead atoms. The van der Waals surface area contributed by atoms with Crippen LogP contribution >= 0.6 is 11.8 Å². The quantitative estimate of drug-likeness (QED) is 0.382. The number of rotatable bonds is 10. The van der Waals surface area contributed by atoms with Crippen molar-refractivity contribution in [2.24, 2.45) is 0 Å². The van der Waals surface area contributed by atoms with Gasteiger partial charge in [-0.3, -0.25) is 14.2 Å². The van der Waals surface area contributed by atoms with Crippen LogP contribution in [0.4, 0.5) is 0 Å². The molecule has 1 aromatic carbocycles. The molecule has 0 saturated heterocycles. The Morgan fingerprint density at radius 1 is 1.30 bits per heavy atom. The molecule has 1 aromatic heterocycles. The van der Waals surface area contributed by atoms with Gasteiger partial charge in [0.2, 0.25) is 5.91 Å². The highest BCUT2D eigenvalue weighted by molar-refractivity contribution is 8.00. The van der Waals surface area contributed by atoms with Gasteiger partial charge in [-0.25, -0.2) is 4.98 Å². The zero-order valence-electron chi connectivity index (χ0n) is 16.5. The minimum absolute atomic E-state index is 0.0426. The monoisotopic (exact) mass is 391 g/mol. The second kappa shape index (κ2) is 10.5. The number of carbonyl (C=O) groups is 1. The highest BCUT2D eigenvalue weighted by Gasteiger charge is 2.19. The summed E-state index contributed by atoms with van der Waals surface area (Å²) in [6, 6.07) is 7.32. The highest BCUT2D eigenvalue weighted by Crippen LogP contribution is 2.23. The number of benzene rings is 1. The van der Waals surface area contributed by atoms with E-state index in [0.717, 1.165) is 6.42 Å². The second-order valence-corrected chi connectivity index (χ2v) is 8.00. The molecule has 0 aliphatic heterocycles. The molecule has 2 aromatic rings. The van der Waals surface area contributed by atoms with Crippen molar-refractivity contribution in [3.05, 3.63) is 34.6 Å². The van der Waals surface area contributed by atoms with Crippen LogP contribution in [0.2, 0.25) is 0 Å². The fourth-order valence-corrected chi connectivity index (χ4v) is 3.54. The fraction of sp³-hybridized carbons (Fsp3) is 0.550. The number of aromatic nitrogens is 2. The lowest BCUT2D eigenvalue weighted by atomic mass is 10.2. The fourth-order valence-electron chi connectivity index (χ4n) is 2.58. The second-order valence-electron chi connectivity index (χ2n) is 6.69. The van der Waals surface area contributed by atoms with Crippen LogP contribution in [-0.4, -0.2) is 40.0 Å². The van der Waals surface area contributed by atoms with E-state index < -0.39 is 0 Å². The molecule has 0 radical (unpaired) electrons. The molecule has 0 aliphatic rings. The average Bonchev–Trinajstić information content (AvgIpc) is 2.64. The third-order valence-electron chi connectivity index (χ3n) is 4.00. The third kappa shape index (κ3) is 6.07. The molecule has 1 heterocycles. The first-order chi connectivity index (χ1) is 12.9. The maximum absolute atomic E-state index is 13.0. The third-order valence-corrected chi connectivity index (χ3v) is 5.09. The summed E-state index contributed by atoms with van der Waals surface area (Å²) in [5.41, 5.74) is 0.578. The zero-order chi connectivity index (χ0) is 19.8. The Morgan fingerprint density at radius 3 is 2.74 bits per heavy atom. The Balaban J connectivity index is 2.27. The lowest BCUT2D eigenvalue weighted by molar-refractivity contribution is -0.120. The van der Waals surface area contributed by atoms with Crippen molar-refractivity contribution in [3.8, 4) is 0 Å². The van der Waals surface area contributed by atoms with Crippen LogP contribution in [0.15, 0.2) is 34.2 Å². The van der Waals surface area contributed by atoms with Crippen molar-refractivity contribution in [1.82, 2.24) is 14.9 Å². The molecule has 1 atom stereocenters. The van der Waals surface area contributed by atoms with E-state index in [1.807, 2.05) is 45.9 Å². The van der Waals surface area contributed by atoms with Crippen molar-refractivity contribution in [2.75, 3.05) is 13.2 Å². The summed E-state index contributed by atoms with van der Waals surface area (Å²) in [5.74, 6) is -0.0426. The van der Waals surface area contributed by atoms with E-state index in [-0.39, 0.29) is 22.8 Å². The van der Waals surface area contributed by atoms with E-state index >= 15 is 0 Å². The summed E-state index contributed by atoms with van der Waals surface area (Å²) >= 11 is 1.32. The summed E-state index contributed by atoms with van der Waals surface area (Å²) < 4.78 is 7.25. The van der Waals surface area contributed by atoms with Crippen LogP contribution in [-0.2, 0) is 16.1 Å². The number of hydrogen-bond acceptors (Lipinski definition) is 5. The largest absolute Gasteiger partial charge is 0.379 e. The number of fused-ring (bicyclic) bond motifs is 1. The number of ether oxygens (including phenoxy) is 1. The summed E-state index contributed by atoms with van der Waals surface area (Å²) in [7, 11) is 0. The van der Waals surface area contributed by atoms with Crippen LogP contribution in [0.3, 0.4) is 0 Å². The smallest absolute Gasteiger partial charge is 0.262 e. The topological polar surface area (TPSA) is 73.2 Å². The van der Waals surface area contributed by atoms with Crippen LogP contribution in [0.5, 0.6) is 0 Å². The Bertz CT molecular complexity index is 820. The summed E-state index contributed by atoms with van der Waals surface area (Å²) in [4.78, 5) is 29.9. The van der Waals surface area contributed by atoms with E-state index in [1.165, 1.54) is 11.8 Å². The van der Waals surface area contributed by atoms with Gasteiger partial charge in [0.05, 0.1) is 22.3 Å². The van der Waals surface area contributed by atoms with Gasteiger partial charge in [0.25, 0.3) is 5.56 Å². The molecule has 1 amide bonds. The average molecular weight is 392 g/mol. The summed E-state index contributed by atoms with van der Waals surface area (Å²) in [6.45, 7) is 9.56. The highest BCUT2D eigenvalue weighted by atomic mass is 32.2. The van der Waals surface area contributed by atoms with Gasteiger partial charge in [0, 0.05) is 19.7 Å². The number of amides is 1. The molecule has 0 aliphatic carbocycles. The Kier molecular flexibility index (Phi) is 8.31. The van der Waals surface area contributed by atoms with Gasteiger partial charge in [0.1, 0.15) is 0 Å². The van der Waals surface area contributed by atoms with E-state index in [4.69, 9.17) is 4.74 Å². The van der Waals surface area contributed by atoms with E-state index in [0.29, 0.717) is 42.2 Å². The van der Waals surface area contributed by atoms with E-state index in [9.17, 15) is 9.59 Å². The van der Waals surface area contributed by atoms with Gasteiger partial charge in [-0.05, 0) is 45.7 Å². The number of nitrogens with zero attached hydrogens (tertiary/aromatic N) is 2. The van der Waals surface area contributed by atoms with Gasteiger partial charge in [-0.2, -0.15) is 0 Å². The van der Waals surface area contributed by atoms with Crippen LogP contribution in [0, 0.1) is 0 Å². The van der Waals surface area contributed by atoms with Gasteiger partial charge in [-0.15, -0.1) is 0 Å². The predicted octanol–water partition coefficient (Wildman–Crippen LogP) is 3.22. The molecule has 148 valence electrons. The molecule has 0 saturated carbocycles. The molecule has 0 fully saturated rings. The van der Waals surface area contributed by atoms with E-state index in [2.05, 4.69) is 10.3 Å². The number of thioether (sulfide) groups is 1. The lowest BCUT2D eigenvalue weighted by Gasteiger charge is -2.16. The molecule has 0 spiro atoms. The molecular weight excluding hydrogens is 362 g/mol. The molecule has 1 unspecified atom stereocenters. The van der Waals surface area contributed by atoms with Gasteiger partial charge in [0.15, 0.2) is 5.16 Å². The van der Waals surface area contributed by atoms with E-state index in [1.54, 1.807) is 10.6 Å². The number of para-hydroxylation sites is 1. The molecule has 27 heavy (non-hydrogen) atoms. The standard InChI is InChI=1S/C20H29N3O3S/c1-5-11-21-18(24)15(4)27-20-22-17-10-7-6-9-16(17)19(25)23(20)12-8-13-26-14(2)3/h6-7,9-10,14-15H,5,8,11-13H2,1-4H3,(H,21,24). The SMILES string of the molecule is CCCNC(=O)C(C)Sc1nc2ccccc2c(=O)n1CCCOC(C)C. The predicted molar refractivity (Wildman–Crippen MR) is 110 cm³/mol.